The van der Waals surface area contributed by atoms with Gasteiger partial charge in [0.15, 0.2) is 0 Å². The predicted molar refractivity (Wildman–Crippen MR) is 90.3 cm³/mol. The smallest absolute Gasteiger partial charge is 0.321 e. The molecule has 1 aromatic carbocycles. The van der Waals surface area contributed by atoms with Gasteiger partial charge in [0.2, 0.25) is 5.91 Å². The molecule has 1 aliphatic rings. The lowest BCUT2D eigenvalue weighted by molar-refractivity contribution is -0.121. The van der Waals surface area contributed by atoms with Crippen molar-refractivity contribution in [3.8, 4) is 11.5 Å². The summed E-state index contributed by atoms with van der Waals surface area (Å²) in [7, 11) is 3.24. The number of nitrogens with zero attached hydrogens (tertiary/aromatic N) is 1. The van der Waals surface area contributed by atoms with Crippen molar-refractivity contribution in [1.29, 1.82) is 0 Å². The number of benzene rings is 1. The summed E-state index contributed by atoms with van der Waals surface area (Å²) in [6, 6.07) is 5.35. The maximum absolute atomic E-state index is 12.1. The van der Waals surface area contributed by atoms with Crippen molar-refractivity contribution in [3.05, 3.63) is 23.8 Å². The Balaban J connectivity index is 2.07. The van der Waals surface area contributed by atoms with Crippen LogP contribution < -0.4 is 20.1 Å². The summed E-state index contributed by atoms with van der Waals surface area (Å²) in [5.74, 6) is 1.17. The lowest BCUT2D eigenvalue weighted by atomic mass is 10.0. The number of nitrogens with one attached hydrogen (secondary N) is 2. The lowest BCUT2D eigenvalue weighted by Gasteiger charge is -2.25. The van der Waals surface area contributed by atoms with E-state index in [4.69, 9.17) is 9.47 Å². The highest BCUT2D eigenvalue weighted by atomic mass is 16.5. The van der Waals surface area contributed by atoms with Gasteiger partial charge in [-0.15, -0.1) is 0 Å². The Kier molecular flexibility index (Phi) is 6.43. The molecular formula is C17H25N3O4. The van der Waals surface area contributed by atoms with Gasteiger partial charge in [0, 0.05) is 24.2 Å². The molecule has 1 saturated heterocycles. The van der Waals surface area contributed by atoms with Gasteiger partial charge in [0.1, 0.15) is 11.5 Å². The highest BCUT2D eigenvalue weighted by Gasteiger charge is 2.30. The zero-order valence-electron chi connectivity index (χ0n) is 14.4. The van der Waals surface area contributed by atoms with Crippen LogP contribution in [0.25, 0.3) is 0 Å². The van der Waals surface area contributed by atoms with E-state index in [0.29, 0.717) is 6.54 Å². The standard InChI is InChI=1S/C17H25N3O4/c1-4-18-17(22)19-16(21)11-20-9-5-6-14(20)13-8-7-12(23-2)10-15(13)24-3/h7-8,10,14H,4-6,9,11H2,1-3H3,(H2,18,19,21,22). The van der Waals surface area contributed by atoms with Gasteiger partial charge in [-0.2, -0.15) is 0 Å². The van der Waals surface area contributed by atoms with Gasteiger partial charge in [0.05, 0.1) is 20.8 Å². The summed E-state index contributed by atoms with van der Waals surface area (Å²) in [6.45, 7) is 3.27. The van der Waals surface area contributed by atoms with Crippen molar-refractivity contribution in [2.45, 2.75) is 25.8 Å². The van der Waals surface area contributed by atoms with Crippen LogP contribution in [0.5, 0.6) is 11.5 Å². The molecule has 3 amide bonds. The Labute approximate surface area is 142 Å². The highest BCUT2D eigenvalue weighted by molar-refractivity contribution is 5.95. The number of hydrogen-bond donors (Lipinski definition) is 2. The molecule has 1 unspecified atom stereocenters. The second-order valence-electron chi connectivity index (χ2n) is 5.64. The number of amides is 3. The third kappa shape index (κ3) is 4.38. The van der Waals surface area contributed by atoms with Crippen molar-refractivity contribution < 1.29 is 19.1 Å². The normalized spacial score (nSPS) is 17.4. The average molecular weight is 335 g/mol. The summed E-state index contributed by atoms with van der Waals surface area (Å²) < 4.78 is 10.7. The molecule has 0 saturated carbocycles. The molecule has 2 rings (SSSR count). The van der Waals surface area contributed by atoms with E-state index < -0.39 is 6.03 Å². The summed E-state index contributed by atoms with van der Waals surface area (Å²) in [5.41, 5.74) is 1.03. The van der Waals surface area contributed by atoms with Gasteiger partial charge in [-0.05, 0) is 32.4 Å². The van der Waals surface area contributed by atoms with Crippen molar-refractivity contribution >= 4 is 11.9 Å². The maximum Gasteiger partial charge on any atom is 0.321 e. The quantitative estimate of drug-likeness (QED) is 0.827. The van der Waals surface area contributed by atoms with Gasteiger partial charge < -0.3 is 14.8 Å². The largest absolute Gasteiger partial charge is 0.497 e. The van der Waals surface area contributed by atoms with Crippen molar-refractivity contribution in [1.82, 2.24) is 15.5 Å². The first-order valence-electron chi connectivity index (χ1n) is 8.12. The average Bonchev–Trinajstić information content (AvgIpc) is 3.01. The van der Waals surface area contributed by atoms with Crippen molar-refractivity contribution in [3.63, 3.8) is 0 Å². The summed E-state index contributed by atoms with van der Waals surface area (Å²) in [4.78, 5) is 25.6. The SMILES string of the molecule is CCNC(=O)NC(=O)CN1CCCC1c1ccc(OC)cc1OC. The Bertz CT molecular complexity index is 591. The Morgan fingerprint density at radius 1 is 1.29 bits per heavy atom. The number of urea groups is 1. The van der Waals surface area contributed by atoms with Gasteiger partial charge >= 0.3 is 6.03 Å². The molecule has 1 aliphatic heterocycles. The van der Waals surface area contributed by atoms with Crippen LogP contribution in [0.1, 0.15) is 31.4 Å². The number of hydrogen-bond acceptors (Lipinski definition) is 5. The minimum Gasteiger partial charge on any atom is -0.497 e. The zero-order chi connectivity index (χ0) is 17.5. The fourth-order valence-corrected chi connectivity index (χ4v) is 3.02. The number of rotatable bonds is 6. The molecule has 7 heteroatoms. The molecule has 7 nitrogen and oxygen atoms in total. The maximum atomic E-state index is 12.1. The molecule has 1 aromatic rings. The first-order valence-corrected chi connectivity index (χ1v) is 8.12. The Morgan fingerprint density at radius 2 is 2.08 bits per heavy atom. The first kappa shape index (κ1) is 18.1. The van der Waals surface area contributed by atoms with E-state index in [0.717, 1.165) is 36.4 Å². The van der Waals surface area contributed by atoms with Gasteiger partial charge in [-0.1, -0.05) is 6.07 Å². The van der Waals surface area contributed by atoms with Crippen LogP contribution in [0.4, 0.5) is 4.79 Å². The number of ether oxygens (including phenoxy) is 2. The molecule has 2 N–H and O–H groups in total. The van der Waals surface area contributed by atoms with Gasteiger partial charge in [-0.25, -0.2) is 4.79 Å². The van der Waals surface area contributed by atoms with Crippen LogP contribution >= 0.6 is 0 Å². The molecule has 132 valence electrons. The summed E-state index contributed by atoms with van der Waals surface area (Å²) in [5, 5.41) is 4.90. The van der Waals surface area contributed by atoms with Crippen LogP contribution in [0, 0.1) is 0 Å². The van der Waals surface area contributed by atoms with Crippen LogP contribution in [-0.4, -0.2) is 50.7 Å². The molecule has 1 fully saturated rings. The molecule has 0 aliphatic carbocycles. The van der Waals surface area contributed by atoms with E-state index in [1.54, 1.807) is 21.1 Å². The molecule has 0 spiro atoms. The van der Waals surface area contributed by atoms with Crippen molar-refractivity contribution in [2.75, 3.05) is 33.9 Å². The van der Waals surface area contributed by atoms with E-state index in [-0.39, 0.29) is 18.5 Å². The van der Waals surface area contributed by atoms with E-state index in [2.05, 4.69) is 15.5 Å². The van der Waals surface area contributed by atoms with Gasteiger partial charge in [0.25, 0.3) is 0 Å². The number of carbonyl (C=O) groups excluding carboxylic acids is 2. The van der Waals surface area contributed by atoms with Crippen molar-refractivity contribution in [2.24, 2.45) is 0 Å². The third-order valence-electron chi connectivity index (χ3n) is 4.10. The topological polar surface area (TPSA) is 79.9 Å². The number of carbonyl (C=O) groups is 2. The monoisotopic (exact) mass is 335 g/mol. The van der Waals surface area contributed by atoms with Crippen LogP contribution in [0.3, 0.4) is 0 Å². The van der Waals surface area contributed by atoms with Crippen LogP contribution in [0.2, 0.25) is 0 Å². The van der Waals surface area contributed by atoms with E-state index in [1.165, 1.54) is 0 Å². The lowest BCUT2D eigenvalue weighted by Crippen LogP contribution is -2.44. The molecule has 0 bridgehead atoms. The minimum atomic E-state index is -0.458. The first-order chi connectivity index (χ1) is 11.6. The molecule has 1 heterocycles. The number of imide groups is 1. The zero-order valence-corrected chi connectivity index (χ0v) is 14.4. The highest BCUT2D eigenvalue weighted by Crippen LogP contribution is 2.38. The summed E-state index contributed by atoms with van der Waals surface area (Å²) >= 11 is 0. The van der Waals surface area contributed by atoms with Gasteiger partial charge in [-0.3, -0.25) is 15.0 Å². The molecule has 0 radical (unpaired) electrons. The van der Waals surface area contributed by atoms with Crippen LogP contribution in [0.15, 0.2) is 18.2 Å². The number of likely N-dealkylation sites (tertiary alicyclic amines) is 1. The fourth-order valence-electron chi connectivity index (χ4n) is 3.02. The minimum absolute atomic E-state index is 0.0887. The third-order valence-corrected chi connectivity index (χ3v) is 4.10. The Hall–Kier alpha value is -2.28. The molecule has 24 heavy (non-hydrogen) atoms. The van der Waals surface area contributed by atoms with E-state index in [1.807, 2.05) is 18.2 Å². The second kappa shape index (κ2) is 8.54. The predicted octanol–water partition coefficient (Wildman–Crippen LogP) is 1.69. The Morgan fingerprint density at radius 3 is 2.75 bits per heavy atom. The number of methoxy groups -OCH3 is 2. The van der Waals surface area contributed by atoms with Crippen LogP contribution in [-0.2, 0) is 4.79 Å². The molecule has 0 aromatic heterocycles. The molecule has 1 atom stereocenters. The molecular weight excluding hydrogens is 310 g/mol. The fraction of sp³-hybridized carbons (Fsp3) is 0.529. The summed E-state index contributed by atoms with van der Waals surface area (Å²) in [6.07, 6.45) is 1.94. The van der Waals surface area contributed by atoms with E-state index in [9.17, 15) is 9.59 Å². The second-order valence-corrected chi connectivity index (χ2v) is 5.64. The van der Waals surface area contributed by atoms with E-state index >= 15 is 0 Å².